The van der Waals surface area contributed by atoms with E-state index in [0.29, 0.717) is 19.0 Å². The summed E-state index contributed by atoms with van der Waals surface area (Å²) in [6, 6.07) is 7.47. The molecule has 1 aliphatic heterocycles. The Hall–Kier alpha value is -2.82. The number of thiazole rings is 1. The SMILES string of the molecule is CN(C)C(=O)CN=C(NCc1nc(C(F)(F)F)cs1)NC1CCOc2ccccc21. The molecule has 2 heterocycles. The van der Waals surface area contributed by atoms with E-state index >= 15 is 0 Å². The van der Waals surface area contributed by atoms with E-state index in [1.165, 1.54) is 4.90 Å². The Labute approximate surface area is 176 Å². The predicted octanol–water partition coefficient (Wildman–Crippen LogP) is 2.81. The van der Waals surface area contributed by atoms with E-state index in [0.717, 1.165) is 28.0 Å². The van der Waals surface area contributed by atoms with Gasteiger partial charge in [-0.1, -0.05) is 18.2 Å². The average molecular weight is 441 g/mol. The van der Waals surface area contributed by atoms with Crippen LogP contribution >= 0.6 is 11.3 Å². The summed E-state index contributed by atoms with van der Waals surface area (Å²) in [5.41, 5.74) is 0.0303. The van der Waals surface area contributed by atoms with Crippen LogP contribution in [0.5, 0.6) is 5.75 Å². The summed E-state index contributed by atoms with van der Waals surface area (Å²) < 4.78 is 44.0. The Morgan fingerprint density at radius 2 is 2.13 bits per heavy atom. The van der Waals surface area contributed by atoms with E-state index in [2.05, 4.69) is 20.6 Å². The smallest absolute Gasteiger partial charge is 0.434 e. The summed E-state index contributed by atoms with van der Waals surface area (Å²) >= 11 is 0.911. The van der Waals surface area contributed by atoms with Gasteiger partial charge in [-0.2, -0.15) is 13.2 Å². The average Bonchev–Trinajstić information content (AvgIpc) is 3.19. The molecule has 1 aliphatic rings. The molecule has 7 nitrogen and oxygen atoms in total. The summed E-state index contributed by atoms with van der Waals surface area (Å²) in [7, 11) is 3.25. The highest BCUT2D eigenvalue weighted by Gasteiger charge is 2.33. The van der Waals surface area contributed by atoms with Crippen molar-refractivity contribution in [2.75, 3.05) is 27.2 Å². The first-order valence-electron chi connectivity index (χ1n) is 9.22. The first kappa shape index (κ1) is 21.9. The molecule has 0 bridgehead atoms. The van der Waals surface area contributed by atoms with Gasteiger partial charge in [0.25, 0.3) is 0 Å². The molecule has 1 aromatic carbocycles. The van der Waals surface area contributed by atoms with Crippen molar-refractivity contribution in [2.45, 2.75) is 25.2 Å². The second kappa shape index (κ2) is 9.33. The number of para-hydroxylation sites is 1. The van der Waals surface area contributed by atoms with Crippen molar-refractivity contribution in [3.63, 3.8) is 0 Å². The molecule has 0 aliphatic carbocycles. The first-order chi connectivity index (χ1) is 14.2. The van der Waals surface area contributed by atoms with Crippen molar-refractivity contribution in [2.24, 2.45) is 4.99 Å². The third kappa shape index (κ3) is 5.62. The summed E-state index contributed by atoms with van der Waals surface area (Å²) in [5, 5.41) is 7.48. The molecule has 0 radical (unpaired) electrons. The highest BCUT2D eigenvalue weighted by molar-refractivity contribution is 7.09. The Kier molecular flexibility index (Phi) is 6.80. The van der Waals surface area contributed by atoms with Gasteiger partial charge in [-0.05, 0) is 6.07 Å². The van der Waals surface area contributed by atoms with E-state index in [9.17, 15) is 18.0 Å². The summed E-state index contributed by atoms with van der Waals surface area (Å²) in [4.78, 5) is 21.3. The van der Waals surface area contributed by atoms with E-state index in [-0.39, 0.29) is 30.0 Å². The molecule has 162 valence electrons. The van der Waals surface area contributed by atoms with Gasteiger partial charge >= 0.3 is 6.18 Å². The number of nitrogens with zero attached hydrogens (tertiary/aromatic N) is 3. The van der Waals surface area contributed by atoms with Crippen LogP contribution < -0.4 is 15.4 Å². The van der Waals surface area contributed by atoms with Crippen LogP contribution in [0.2, 0.25) is 0 Å². The molecule has 2 N–H and O–H groups in total. The van der Waals surface area contributed by atoms with Gasteiger partial charge < -0.3 is 20.3 Å². The molecule has 0 spiro atoms. The topological polar surface area (TPSA) is 78.9 Å². The largest absolute Gasteiger partial charge is 0.493 e. The second-order valence-corrected chi connectivity index (χ2v) is 7.75. The zero-order chi connectivity index (χ0) is 21.7. The number of hydrogen-bond donors (Lipinski definition) is 2. The normalized spacial score (nSPS) is 16.4. The Morgan fingerprint density at radius 3 is 2.83 bits per heavy atom. The number of carbonyl (C=O) groups is 1. The maximum Gasteiger partial charge on any atom is 0.434 e. The lowest BCUT2D eigenvalue weighted by molar-refractivity contribution is -0.140. The number of guanidine groups is 1. The summed E-state index contributed by atoms with van der Waals surface area (Å²) in [6.45, 7) is 0.465. The van der Waals surface area contributed by atoms with Crippen LogP contribution in [-0.2, 0) is 17.5 Å². The van der Waals surface area contributed by atoms with Crippen molar-refractivity contribution in [1.82, 2.24) is 20.5 Å². The second-order valence-electron chi connectivity index (χ2n) is 6.80. The molecular weight excluding hydrogens is 419 g/mol. The van der Waals surface area contributed by atoms with Crippen LogP contribution in [0.15, 0.2) is 34.6 Å². The van der Waals surface area contributed by atoms with E-state index < -0.39 is 11.9 Å². The zero-order valence-corrected chi connectivity index (χ0v) is 17.3. The van der Waals surface area contributed by atoms with Crippen molar-refractivity contribution < 1.29 is 22.7 Å². The molecule has 0 fully saturated rings. The van der Waals surface area contributed by atoms with Gasteiger partial charge in [0.2, 0.25) is 5.91 Å². The number of alkyl halides is 3. The molecule has 0 saturated carbocycles. The molecule has 1 atom stereocenters. The summed E-state index contributed by atoms with van der Waals surface area (Å²) in [6.07, 6.45) is -3.80. The highest BCUT2D eigenvalue weighted by atomic mass is 32.1. The number of hydrogen-bond acceptors (Lipinski definition) is 5. The molecule has 3 rings (SSSR count). The van der Waals surface area contributed by atoms with Crippen LogP contribution in [0.3, 0.4) is 0 Å². The van der Waals surface area contributed by atoms with Gasteiger partial charge in [-0.3, -0.25) is 4.79 Å². The predicted molar refractivity (Wildman–Crippen MR) is 107 cm³/mol. The number of ether oxygens (including phenoxy) is 1. The van der Waals surface area contributed by atoms with Crippen molar-refractivity contribution >= 4 is 23.2 Å². The molecule has 2 aromatic rings. The molecular formula is C19H22F3N5O2S. The standard InChI is InChI=1S/C19H22F3N5O2S/c1-27(2)17(28)10-24-18(23-9-16-26-15(11-30-16)19(20,21)22)25-13-7-8-29-14-6-4-3-5-12(13)14/h3-6,11,13H,7-10H2,1-2H3,(H2,23,24,25). The Morgan fingerprint density at radius 1 is 1.37 bits per heavy atom. The minimum atomic E-state index is -4.48. The maximum absolute atomic E-state index is 12.8. The monoisotopic (exact) mass is 441 g/mol. The van der Waals surface area contributed by atoms with Crippen molar-refractivity contribution in [3.05, 3.63) is 45.9 Å². The number of amides is 1. The third-order valence-electron chi connectivity index (χ3n) is 4.39. The van der Waals surface area contributed by atoms with E-state index in [1.54, 1.807) is 14.1 Å². The number of fused-ring (bicyclic) bond motifs is 1. The molecule has 1 amide bonds. The fraction of sp³-hybridized carbons (Fsp3) is 0.421. The quantitative estimate of drug-likeness (QED) is 0.551. The first-order valence-corrected chi connectivity index (χ1v) is 10.1. The van der Waals surface area contributed by atoms with Crippen LogP contribution in [0, 0.1) is 0 Å². The number of likely N-dealkylation sites (N-methyl/N-ethyl adjacent to an activating group) is 1. The van der Waals surface area contributed by atoms with Crippen LogP contribution in [0.4, 0.5) is 13.2 Å². The fourth-order valence-corrected chi connectivity index (χ4v) is 3.52. The number of halogens is 3. The van der Waals surface area contributed by atoms with E-state index in [1.807, 2.05) is 24.3 Å². The van der Waals surface area contributed by atoms with Crippen molar-refractivity contribution in [3.8, 4) is 5.75 Å². The third-order valence-corrected chi connectivity index (χ3v) is 5.24. The lowest BCUT2D eigenvalue weighted by atomic mass is 10.0. The van der Waals surface area contributed by atoms with Gasteiger partial charge in [-0.15, -0.1) is 11.3 Å². The number of aromatic nitrogens is 1. The van der Waals surface area contributed by atoms with Gasteiger partial charge in [0, 0.05) is 31.5 Å². The molecule has 1 unspecified atom stereocenters. The van der Waals surface area contributed by atoms with Crippen LogP contribution in [-0.4, -0.2) is 49.0 Å². The lowest BCUT2D eigenvalue weighted by Gasteiger charge is -2.28. The highest BCUT2D eigenvalue weighted by Crippen LogP contribution is 2.32. The molecule has 0 saturated heterocycles. The Bertz CT molecular complexity index is 914. The number of benzene rings is 1. The fourth-order valence-electron chi connectivity index (χ4n) is 2.78. The Balaban J connectivity index is 1.73. The van der Waals surface area contributed by atoms with Gasteiger partial charge in [-0.25, -0.2) is 9.98 Å². The molecule has 30 heavy (non-hydrogen) atoms. The van der Waals surface area contributed by atoms with Gasteiger partial charge in [0.1, 0.15) is 17.3 Å². The van der Waals surface area contributed by atoms with Gasteiger partial charge in [0.15, 0.2) is 11.7 Å². The van der Waals surface area contributed by atoms with Crippen LogP contribution in [0.25, 0.3) is 0 Å². The summed E-state index contributed by atoms with van der Waals surface area (Å²) in [5.74, 6) is 0.882. The maximum atomic E-state index is 12.8. The minimum absolute atomic E-state index is 0.0492. The van der Waals surface area contributed by atoms with Crippen LogP contribution in [0.1, 0.15) is 28.7 Å². The number of rotatable bonds is 5. The number of aliphatic imine (C=N–C) groups is 1. The van der Waals surface area contributed by atoms with E-state index in [4.69, 9.17) is 4.74 Å². The zero-order valence-electron chi connectivity index (χ0n) is 16.5. The number of nitrogens with one attached hydrogen (secondary N) is 2. The minimum Gasteiger partial charge on any atom is -0.493 e. The lowest BCUT2D eigenvalue weighted by Crippen LogP contribution is -2.41. The molecule has 11 heteroatoms. The molecule has 1 aromatic heterocycles. The van der Waals surface area contributed by atoms with Gasteiger partial charge in [0.05, 0.1) is 19.2 Å². The van der Waals surface area contributed by atoms with Crippen molar-refractivity contribution in [1.29, 1.82) is 0 Å². The number of carbonyl (C=O) groups excluding carboxylic acids is 1.